The Bertz CT molecular complexity index is 289. The molecule has 0 aliphatic heterocycles. The monoisotopic (exact) mass is 221 g/mol. The van der Waals surface area contributed by atoms with Gasteiger partial charge in [-0.05, 0) is 33.6 Å². The SMILES string of the molecule is CC(C)(C)OC(=O)C1CC1.N=S(=O)=O. The van der Waals surface area contributed by atoms with Crippen molar-refractivity contribution < 1.29 is 17.9 Å². The molecule has 0 radical (unpaired) electrons. The van der Waals surface area contributed by atoms with Crippen LogP contribution in [0.15, 0.2) is 0 Å². The van der Waals surface area contributed by atoms with Crippen LogP contribution in [0.4, 0.5) is 0 Å². The molecule has 1 aliphatic carbocycles. The average Bonchev–Trinajstić information content (AvgIpc) is 2.59. The van der Waals surface area contributed by atoms with Crippen LogP contribution >= 0.6 is 0 Å². The van der Waals surface area contributed by atoms with E-state index in [2.05, 4.69) is 0 Å². The maximum absolute atomic E-state index is 11.0. The molecule has 1 N–H and O–H groups in total. The van der Waals surface area contributed by atoms with Gasteiger partial charge in [0.05, 0.1) is 5.92 Å². The van der Waals surface area contributed by atoms with Gasteiger partial charge in [0.2, 0.25) is 0 Å². The van der Waals surface area contributed by atoms with Gasteiger partial charge >= 0.3 is 16.5 Å². The lowest BCUT2D eigenvalue weighted by Gasteiger charge is -2.19. The molecule has 1 rings (SSSR count). The molecule has 1 fully saturated rings. The molecule has 5 nitrogen and oxygen atoms in total. The van der Waals surface area contributed by atoms with Crippen LogP contribution in [0, 0.1) is 10.7 Å². The third kappa shape index (κ3) is 9.18. The molecule has 82 valence electrons. The first kappa shape index (κ1) is 13.1. The maximum Gasteiger partial charge on any atom is 0.309 e. The van der Waals surface area contributed by atoms with E-state index in [9.17, 15) is 4.79 Å². The van der Waals surface area contributed by atoms with Crippen molar-refractivity contribution >= 4 is 16.5 Å². The first-order valence-corrected chi connectivity index (χ1v) is 5.33. The van der Waals surface area contributed by atoms with Gasteiger partial charge in [0.1, 0.15) is 5.60 Å². The number of carbonyl (C=O) groups is 1. The summed E-state index contributed by atoms with van der Waals surface area (Å²) < 4.78 is 28.0. The lowest BCUT2D eigenvalue weighted by molar-refractivity contribution is -0.156. The predicted molar refractivity (Wildman–Crippen MR) is 50.2 cm³/mol. The Morgan fingerprint density at radius 1 is 1.36 bits per heavy atom. The van der Waals surface area contributed by atoms with Gasteiger partial charge in [0, 0.05) is 0 Å². The molecule has 1 saturated carbocycles. The van der Waals surface area contributed by atoms with E-state index in [1.165, 1.54) is 0 Å². The smallest absolute Gasteiger partial charge is 0.309 e. The van der Waals surface area contributed by atoms with Crippen molar-refractivity contribution in [3.8, 4) is 0 Å². The normalized spacial score (nSPS) is 15.1. The second-order valence-electron chi connectivity index (χ2n) is 4.04. The predicted octanol–water partition coefficient (Wildman–Crippen LogP) is 1.37. The van der Waals surface area contributed by atoms with Crippen molar-refractivity contribution in [2.45, 2.75) is 39.2 Å². The Balaban J connectivity index is 0.000000364. The summed E-state index contributed by atoms with van der Waals surface area (Å²) in [6, 6.07) is 0. The Labute approximate surface area is 85.0 Å². The van der Waals surface area contributed by atoms with Crippen molar-refractivity contribution in [1.29, 1.82) is 4.78 Å². The first-order valence-electron chi connectivity index (χ1n) is 4.26. The summed E-state index contributed by atoms with van der Waals surface area (Å²) in [5.41, 5.74) is -0.306. The van der Waals surface area contributed by atoms with E-state index in [0.29, 0.717) is 0 Å². The van der Waals surface area contributed by atoms with Crippen LogP contribution in [0.3, 0.4) is 0 Å². The van der Waals surface area contributed by atoms with E-state index in [1.807, 2.05) is 20.8 Å². The average molecular weight is 221 g/mol. The summed E-state index contributed by atoms with van der Waals surface area (Å²) in [5.74, 6) is 0.201. The third-order valence-corrected chi connectivity index (χ3v) is 1.32. The number of esters is 1. The highest BCUT2D eigenvalue weighted by molar-refractivity contribution is 7.60. The second kappa shape index (κ2) is 5.09. The molecule has 0 aromatic carbocycles. The van der Waals surface area contributed by atoms with Gasteiger partial charge in [-0.3, -0.25) is 4.79 Å². The Hall–Kier alpha value is -0.910. The minimum Gasteiger partial charge on any atom is -0.460 e. The summed E-state index contributed by atoms with van der Waals surface area (Å²) in [4.78, 5) is 11.0. The zero-order valence-corrected chi connectivity index (χ0v) is 9.35. The zero-order chi connectivity index (χ0) is 11.4. The Kier molecular flexibility index (Phi) is 4.76. The highest BCUT2D eigenvalue weighted by Gasteiger charge is 2.33. The van der Waals surface area contributed by atoms with Crippen LogP contribution in [0.1, 0.15) is 33.6 Å². The van der Waals surface area contributed by atoms with Gasteiger partial charge in [-0.1, -0.05) is 0 Å². The molecule has 0 bridgehead atoms. The van der Waals surface area contributed by atoms with E-state index >= 15 is 0 Å². The number of hydrogen-bond donors (Lipinski definition) is 1. The van der Waals surface area contributed by atoms with Crippen molar-refractivity contribution in [2.75, 3.05) is 0 Å². The molecule has 6 heteroatoms. The fourth-order valence-electron chi connectivity index (χ4n) is 0.704. The molecule has 14 heavy (non-hydrogen) atoms. The number of hydrogen-bond acceptors (Lipinski definition) is 5. The molecular weight excluding hydrogens is 206 g/mol. The molecule has 0 atom stereocenters. The van der Waals surface area contributed by atoms with Crippen molar-refractivity contribution in [3.05, 3.63) is 0 Å². The maximum atomic E-state index is 11.0. The quantitative estimate of drug-likeness (QED) is 0.677. The lowest BCUT2D eigenvalue weighted by Crippen LogP contribution is -2.24. The standard InChI is InChI=1S/C8H14O2.HNO2S/c1-8(2,3)10-7(9)6-4-5-6;1-4(2)3/h6H,4-5H2,1-3H3;1H. The van der Waals surface area contributed by atoms with Gasteiger partial charge in [0.15, 0.2) is 0 Å². The van der Waals surface area contributed by atoms with Gasteiger partial charge in [0.25, 0.3) is 0 Å². The van der Waals surface area contributed by atoms with Gasteiger partial charge in [-0.25, -0.2) is 0 Å². The van der Waals surface area contributed by atoms with E-state index in [1.54, 1.807) is 0 Å². The van der Waals surface area contributed by atoms with Crippen LogP contribution in [0.25, 0.3) is 0 Å². The second-order valence-corrected chi connectivity index (χ2v) is 4.51. The van der Waals surface area contributed by atoms with Gasteiger partial charge in [-0.2, -0.15) is 13.2 Å². The van der Waals surface area contributed by atoms with Crippen LogP contribution in [0.2, 0.25) is 0 Å². The van der Waals surface area contributed by atoms with E-state index in [0.717, 1.165) is 12.8 Å². The van der Waals surface area contributed by atoms with E-state index in [4.69, 9.17) is 17.9 Å². The fourth-order valence-corrected chi connectivity index (χ4v) is 0.704. The summed E-state index contributed by atoms with van der Waals surface area (Å²) in [7, 11) is -2.61. The molecular formula is C8H15NO4S. The molecule has 0 spiro atoms. The number of carbonyl (C=O) groups excluding carboxylic acids is 1. The van der Waals surface area contributed by atoms with Gasteiger partial charge in [-0.15, -0.1) is 0 Å². The number of rotatable bonds is 1. The van der Waals surface area contributed by atoms with Crippen LogP contribution < -0.4 is 0 Å². The van der Waals surface area contributed by atoms with E-state index in [-0.39, 0.29) is 17.5 Å². The summed E-state index contributed by atoms with van der Waals surface area (Å²) in [5, 5.41) is 0. The summed E-state index contributed by atoms with van der Waals surface area (Å²) in [6.45, 7) is 5.69. The number of nitrogens with one attached hydrogen (secondary N) is 1. The van der Waals surface area contributed by atoms with Crippen molar-refractivity contribution in [2.24, 2.45) is 5.92 Å². The Morgan fingerprint density at radius 2 is 1.71 bits per heavy atom. The van der Waals surface area contributed by atoms with Crippen LogP contribution in [0.5, 0.6) is 0 Å². The third-order valence-electron chi connectivity index (χ3n) is 1.32. The molecule has 0 saturated heterocycles. The largest absolute Gasteiger partial charge is 0.460 e. The topological polar surface area (TPSA) is 84.3 Å². The fraction of sp³-hybridized carbons (Fsp3) is 0.875. The Morgan fingerprint density at radius 3 is 1.93 bits per heavy atom. The zero-order valence-electron chi connectivity index (χ0n) is 8.53. The molecule has 0 heterocycles. The molecule has 0 amide bonds. The molecule has 0 aromatic rings. The lowest BCUT2D eigenvalue weighted by atomic mass is 10.2. The van der Waals surface area contributed by atoms with Crippen LogP contribution in [-0.4, -0.2) is 20.0 Å². The molecule has 0 aromatic heterocycles. The van der Waals surface area contributed by atoms with Gasteiger partial charge < -0.3 is 4.74 Å². The minimum absolute atomic E-state index is 0.0208. The first-order chi connectivity index (χ1) is 6.22. The highest BCUT2D eigenvalue weighted by Crippen LogP contribution is 2.31. The molecule has 1 aliphatic rings. The van der Waals surface area contributed by atoms with Crippen molar-refractivity contribution in [1.82, 2.24) is 0 Å². The summed E-state index contributed by atoms with van der Waals surface area (Å²) >= 11 is 0. The van der Waals surface area contributed by atoms with Crippen molar-refractivity contribution in [3.63, 3.8) is 0 Å². The van der Waals surface area contributed by atoms with Crippen LogP contribution in [-0.2, 0) is 20.0 Å². The highest BCUT2D eigenvalue weighted by atomic mass is 32.2. The summed E-state index contributed by atoms with van der Waals surface area (Å²) in [6.07, 6.45) is 2.05. The minimum atomic E-state index is -2.61. The number of ether oxygens (including phenoxy) is 1. The molecule has 0 unspecified atom stereocenters. The van der Waals surface area contributed by atoms with E-state index < -0.39 is 10.5 Å².